The SMILES string of the molecule is O=C(NCCCNC(=O)c1cccc(C(O)(C(=O)OCC2CCN(Cc3ccccc3)CC2)c2ccccc2)c1)c1ccc(CNCC(O)c2ccc(O)c3[nH]c(=O)ccc23)cc1. The zero-order chi connectivity index (χ0) is 44.2. The molecule has 5 aromatic carbocycles. The van der Waals surface area contributed by atoms with Gasteiger partial charge in [0.1, 0.15) is 5.75 Å². The number of rotatable bonds is 18. The highest BCUT2D eigenvalue weighted by Crippen LogP contribution is 2.33. The molecule has 7 rings (SSSR count). The molecule has 0 aliphatic carbocycles. The fourth-order valence-electron chi connectivity index (χ4n) is 7.90. The number of benzene rings is 5. The number of phenolic OH excluding ortho intramolecular Hbond substituents is 1. The van der Waals surface area contributed by atoms with Crippen molar-refractivity contribution >= 4 is 28.7 Å². The minimum Gasteiger partial charge on any atom is -0.506 e. The molecule has 2 atom stereocenters. The molecule has 2 amide bonds. The molecule has 0 radical (unpaired) electrons. The van der Waals surface area contributed by atoms with Crippen molar-refractivity contribution in [1.29, 1.82) is 0 Å². The van der Waals surface area contributed by atoms with Crippen LogP contribution in [0.25, 0.3) is 10.9 Å². The molecule has 1 aromatic heterocycles. The number of aliphatic hydroxyl groups excluding tert-OH is 1. The summed E-state index contributed by atoms with van der Waals surface area (Å²) in [5, 5.41) is 42.6. The van der Waals surface area contributed by atoms with E-state index in [1.54, 1.807) is 72.8 Å². The number of aromatic nitrogens is 1. The van der Waals surface area contributed by atoms with Gasteiger partial charge in [0.05, 0.1) is 18.2 Å². The van der Waals surface area contributed by atoms with Crippen molar-refractivity contribution in [1.82, 2.24) is 25.8 Å². The summed E-state index contributed by atoms with van der Waals surface area (Å²) in [7, 11) is 0. The van der Waals surface area contributed by atoms with Crippen molar-refractivity contribution in [3.8, 4) is 5.75 Å². The first-order chi connectivity index (χ1) is 30.6. The standard InChI is InChI=1S/C50H53N5O8/c56-43-21-19-41(42-20-22-45(58)54-46(42)43)44(57)31-51-30-34-15-17-37(18-16-34)47(59)52-25-8-26-53-48(60)38-11-7-14-40(29-38)50(62,39-12-5-2-6-13-39)49(61)63-33-36-23-27-55(28-24-36)32-35-9-3-1-4-10-35/h1-7,9-22,29,36,44,51,56-57,62H,8,23-28,30-33H2,(H,52,59)(H,53,60)(H,54,58). The minimum absolute atomic E-state index is 0.0752. The maximum atomic E-state index is 13.8. The number of esters is 1. The molecule has 0 saturated carbocycles. The number of carbonyl (C=O) groups excluding carboxylic acids is 3. The van der Waals surface area contributed by atoms with E-state index in [4.69, 9.17) is 4.74 Å². The molecular weight excluding hydrogens is 799 g/mol. The average Bonchev–Trinajstić information content (AvgIpc) is 3.31. The summed E-state index contributed by atoms with van der Waals surface area (Å²) in [4.78, 5) is 56.7. The molecular formula is C50H53N5O8. The molecule has 1 aliphatic heterocycles. The number of ether oxygens (including phenoxy) is 1. The zero-order valence-electron chi connectivity index (χ0n) is 35.0. The molecule has 326 valence electrons. The highest BCUT2D eigenvalue weighted by Gasteiger charge is 2.42. The van der Waals surface area contributed by atoms with Gasteiger partial charge in [-0.2, -0.15) is 0 Å². The number of nitrogens with one attached hydrogen (secondary N) is 4. The lowest BCUT2D eigenvalue weighted by Crippen LogP contribution is -2.41. The van der Waals surface area contributed by atoms with Gasteiger partial charge in [-0.25, -0.2) is 4.79 Å². The summed E-state index contributed by atoms with van der Waals surface area (Å²) in [6.07, 6.45) is 1.31. The number of aromatic hydroxyl groups is 1. The normalized spacial score (nSPS) is 14.7. The Labute approximate surface area is 365 Å². The quantitative estimate of drug-likeness (QED) is 0.0441. The van der Waals surface area contributed by atoms with Gasteiger partial charge in [-0.3, -0.25) is 19.3 Å². The highest BCUT2D eigenvalue weighted by atomic mass is 16.5. The van der Waals surface area contributed by atoms with E-state index in [1.807, 2.05) is 30.3 Å². The number of hydrogen-bond donors (Lipinski definition) is 7. The molecule has 13 nitrogen and oxygen atoms in total. The monoisotopic (exact) mass is 851 g/mol. The van der Waals surface area contributed by atoms with Crippen LogP contribution >= 0.6 is 0 Å². The summed E-state index contributed by atoms with van der Waals surface area (Å²) in [5.74, 6) is -1.35. The van der Waals surface area contributed by atoms with E-state index >= 15 is 0 Å². The van der Waals surface area contributed by atoms with Crippen LogP contribution < -0.4 is 21.5 Å². The van der Waals surface area contributed by atoms with Crippen LogP contribution in [0.1, 0.15) is 73.9 Å². The third kappa shape index (κ3) is 11.3. The van der Waals surface area contributed by atoms with Gasteiger partial charge in [0, 0.05) is 60.9 Å². The molecule has 1 aliphatic rings. The Morgan fingerprint density at radius 2 is 1.43 bits per heavy atom. The van der Waals surface area contributed by atoms with Gasteiger partial charge in [0.25, 0.3) is 11.8 Å². The van der Waals surface area contributed by atoms with Gasteiger partial charge >= 0.3 is 5.97 Å². The number of phenols is 1. The third-order valence-electron chi connectivity index (χ3n) is 11.5. The first-order valence-corrected chi connectivity index (χ1v) is 21.3. The molecule has 7 N–H and O–H groups in total. The van der Waals surface area contributed by atoms with Crippen LogP contribution in [-0.4, -0.2) is 82.3 Å². The van der Waals surface area contributed by atoms with E-state index in [-0.39, 0.29) is 59.5 Å². The third-order valence-corrected chi connectivity index (χ3v) is 11.5. The summed E-state index contributed by atoms with van der Waals surface area (Å²) < 4.78 is 5.84. The lowest BCUT2D eigenvalue weighted by Gasteiger charge is -2.33. The Balaban J connectivity index is 0.853. The van der Waals surface area contributed by atoms with E-state index in [1.165, 1.54) is 23.8 Å². The van der Waals surface area contributed by atoms with Gasteiger partial charge in [-0.05, 0) is 96.9 Å². The van der Waals surface area contributed by atoms with E-state index in [9.17, 15) is 34.5 Å². The molecule has 1 saturated heterocycles. The molecule has 0 bridgehead atoms. The van der Waals surface area contributed by atoms with Crippen molar-refractivity contribution in [3.05, 3.63) is 183 Å². The minimum atomic E-state index is -2.14. The fraction of sp³-hybridized carbons (Fsp3) is 0.280. The molecule has 63 heavy (non-hydrogen) atoms. The summed E-state index contributed by atoms with van der Waals surface area (Å²) in [6.45, 7) is 4.07. The molecule has 0 spiro atoms. The van der Waals surface area contributed by atoms with Crippen molar-refractivity contribution in [2.75, 3.05) is 39.3 Å². The van der Waals surface area contributed by atoms with E-state index < -0.39 is 23.6 Å². The second-order valence-corrected chi connectivity index (χ2v) is 16.0. The topological polar surface area (TPSA) is 193 Å². The Morgan fingerprint density at radius 3 is 2.14 bits per heavy atom. The number of fused-ring (bicyclic) bond motifs is 1. The van der Waals surface area contributed by atoms with Gasteiger partial charge in [-0.15, -0.1) is 0 Å². The molecule has 2 unspecified atom stereocenters. The Kier molecular flexibility index (Phi) is 14.8. The number of piperidine rings is 1. The van der Waals surface area contributed by atoms with Gasteiger partial charge < -0.3 is 41.0 Å². The smallest absolute Gasteiger partial charge is 0.347 e. The van der Waals surface area contributed by atoms with Crippen molar-refractivity contribution in [2.24, 2.45) is 5.92 Å². The van der Waals surface area contributed by atoms with Gasteiger partial charge in [0.2, 0.25) is 11.2 Å². The van der Waals surface area contributed by atoms with E-state index in [0.717, 1.165) is 38.0 Å². The number of carbonyl (C=O) groups is 3. The van der Waals surface area contributed by atoms with Crippen molar-refractivity contribution < 1.29 is 34.4 Å². The maximum Gasteiger partial charge on any atom is 0.347 e. The maximum absolute atomic E-state index is 13.8. The van der Waals surface area contributed by atoms with Crippen LogP contribution in [0.3, 0.4) is 0 Å². The predicted octanol–water partition coefficient (Wildman–Crippen LogP) is 5.30. The number of amides is 2. The first-order valence-electron chi connectivity index (χ1n) is 21.3. The number of pyridine rings is 1. The van der Waals surface area contributed by atoms with Crippen LogP contribution in [0.2, 0.25) is 0 Å². The van der Waals surface area contributed by atoms with Crippen LogP contribution in [0, 0.1) is 5.92 Å². The molecule has 6 aromatic rings. The average molecular weight is 852 g/mol. The Hall–Kier alpha value is -6.64. The summed E-state index contributed by atoms with van der Waals surface area (Å²) >= 11 is 0. The number of likely N-dealkylation sites (tertiary alicyclic amines) is 1. The Bertz CT molecular complexity index is 2540. The van der Waals surface area contributed by atoms with Crippen LogP contribution in [0.15, 0.2) is 138 Å². The van der Waals surface area contributed by atoms with Crippen molar-refractivity contribution in [3.63, 3.8) is 0 Å². The largest absolute Gasteiger partial charge is 0.506 e. The van der Waals surface area contributed by atoms with Crippen LogP contribution in [0.5, 0.6) is 5.75 Å². The number of aliphatic hydroxyl groups is 2. The van der Waals surface area contributed by atoms with Gasteiger partial charge in [0.15, 0.2) is 0 Å². The second-order valence-electron chi connectivity index (χ2n) is 16.0. The second kappa shape index (κ2) is 21.0. The Morgan fingerprint density at radius 1 is 0.762 bits per heavy atom. The molecule has 1 fully saturated rings. The summed E-state index contributed by atoms with van der Waals surface area (Å²) in [5.41, 5.74) is 1.80. The van der Waals surface area contributed by atoms with Crippen LogP contribution in [0.4, 0.5) is 0 Å². The van der Waals surface area contributed by atoms with E-state index in [2.05, 4.69) is 38.0 Å². The van der Waals surface area contributed by atoms with E-state index in [0.29, 0.717) is 41.6 Å². The predicted molar refractivity (Wildman–Crippen MR) is 240 cm³/mol. The first kappa shape index (κ1) is 44.4. The van der Waals surface area contributed by atoms with Gasteiger partial charge in [-0.1, -0.05) is 91.0 Å². The number of hydrogen-bond acceptors (Lipinski definition) is 10. The zero-order valence-corrected chi connectivity index (χ0v) is 35.0. The number of nitrogens with zero attached hydrogens (tertiary/aromatic N) is 1. The fourth-order valence-corrected chi connectivity index (χ4v) is 7.90. The molecule has 13 heteroatoms. The lowest BCUT2D eigenvalue weighted by atomic mass is 9.85. The summed E-state index contributed by atoms with van der Waals surface area (Å²) in [6, 6.07) is 38.3. The number of aromatic amines is 1. The van der Waals surface area contributed by atoms with Crippen LogP contribution in [-0.2, 0) is 28.2 Å². The lowest BCUT2D eigenvalue weighted by molar-refractivity contribution is -0.164. The molecule has 2 heterocycles. The van der Waals surface area contributed by atoms with Crippen molar-refractivity contribution in [2.45, 2.75) is 44.1 Å². The number of H-pyrrole nitrogens is 1. The highest BCUT2D eigenvalue weighted by molar-refractivity contribution is 5.95.